The molecule has 4 heteroatoms. The van der Waals surface area contributed by atoms with Crippen LogP contribution in [0.3, 0.4) is 0 Å². The van der Waals surface area contributed by atoms with Crippen LogP contribution in [0, 0.1) is 0 Å². The van der Waals surface area contributed by atoms with E-state index in [1.807, 2.05) is 24.3 Å². The van der Waals surface area contributed by atoms with E-state index in [1.165, 1.54) is 12.8 Å². The second kappa shape index (κ2) is 7.14. The third-order valence-corrected chi connectivity index (χ3v) is 3.50. The molecule has 1 saturated heterocycles. The number of carbonyl (C=O) groups excluding carboxylic acids is 1. The Morgan fingerprint density at radius 3 is 2.58 bits per heavy atom. The number of amides is 1. The van der Waals surface area contributed by atoms with Crippen molar-refractivity contribution in [3.8, 4) is 5.75 Å². The summed E-state index contributed by atoms with van der Waals surface area (Å²) in [5, 5.41) is 2.95. The van der Waals surface area contributed by atoms with Crippen LogP contribution in [-0.2, 0) is 11.3 Å². The highest BCUT2D eigenvalue weighted by atomic mass is 16.5. The molecule has 1 aliphatic rings. The minimum Gasteiger partial charge on any atom is -0.497 e. The summed E-state index contributed by atoms with van der Waals surface area (Å²) >= 11 is 0. The van der Waals surface area contributed by atoms with Crippen LogP contribution in [0.1, 0.15) is 24.8 Å². The highest BCUT2D eigenvalue weighted by Gasteiger charge is 2.12. The summed E-state index contributed by atoms with van der Waals surface area (Å²) in [5.74, 6) is 0.965. The molecule has 1 aromatic rings. The molecule has 0 aromatic heterocycles. The van der Waals surface area contributed by atoms with Crippen LogP contribution in [0.4, 0.5) is 0 Å². The summed E-state index contributed by atoms with van der Waals surface area (Å²) in [6, 6.07) is 7.76. The van der Waals surface area contributed by atoms with Gasteiger partial charge in [-0.2, -0.15) is 0 Å². The van der Waals surface area contributed by atoms with E-state index in [0.29, 0.717) is 13.0 Å². The van der Waals surface area contributed by atoms with Gasteiger partial charge < -0.3 is 15.0 Å². The Morgan fingerprint density at radius 1 is 1.26 bits per heavy atom. The zero-order valence-corrected chi connectivity index (χ0v) is 11.5. The molecule has 1 N–H and O–H groups in total. The molecule has 0 bridgehead atoms. The highest BCUT2D eigenvalue weighted by molar-refractivity contribution is 5.76. The molecular formula is C15H22N2O2. The van der Waals surface area contributed by atoms with Crippen molar-refractivity contribution in [2.45, 2.75) is 25.8 Å². The molecule has 0 spiro atoms. The largest absolute Gasteiger partial charge is 0.497 e. The lowest BCUT2D eigenvalue weighted by atomic mass is 10.2. The van der Waals surface area contributed by atoms with Crippen LogP contribution in [0.5, 0.6) is 5.75 Å². The molecule has 1 heterocycles. The van der Waals surface area contributed by atoms with Gasteiger partial charge in [-0.3, -0.25) is 4.79 Å². The van der Waals surface area contributed by atoms with Crippen LogP contribution in [0.15, 0.2) is 24.3 Å². The van der Waals surface area contributed by atoms with Crippen LogP contribution >= 0.6 is 0 Å². The number of benzene rings is 1. The van der Waals surface area contributed by atoms with Gasteiger partial charge >= 0.3 is 0 Å². The van der Waals surface area contributed by atoms with Crippen molar-refractivity contribution in [2.24, 2.45) is 0 Å². The Balaban J connectivity index is 1.67. The normalized spacial score (nSPS) is 15.4. The molecule has 1 fully saturated rings. The maximum absolute atomic E-state index is 11.7. The standard InChI is InChI=1S/C15H22N2O2/c1-19-14-6-4-13(5-7-14)12-16-15(18)8-11-17-9-2-3-10-17/h4-7H,2-3,8-12H2,1H3,(H,16,18). The minimum atomic E-state index is 0.128. The number of ether oxygens (including phenoxy) is 1. The molecule has 0 unspecified atom stereocenters. The summed E-state index contributed by atoms with van der Waals surface area (Å²) < 4.78 is 5.10. The maximum Gasteiger partial charge on any atom is 0.221 e. The summed E-state index contributed by atoms with van der Waals surface area (Å²) in [5.41, 5.74) is 1.09. The average molecular weight is 262 g/mol. The van der Waals surface area contributed by atoms with Crippen molar-refractivity contribution in [1.29, 1.82) is 0 Å². The van der Waals surface area contributed by atoms with Crippen molar-refractivity contribution >= 4 is 5.91 Å². The lowest BCUT2D eigenvalue weighted by Crippen LogP contribution is -2.29. The third-order valence-electron chi connectivity index (χ3n) is 3.50. The third kappa shape index (κ3) is 4.56. The van der Waals surface area contributed by atoms with Gasteiger partial charge in [-0.1, -0.05) is 12.1 Å². The van der Waals surface area contributed by atoms with E-state index in [-0.39, 0.29) is 5.91 Å². The van der Waals surface area contributed by atoms with Crippen molar-refractivity contribution in [3.63, 3.8) is 0 Å². The fourth-order valence-corrected chi connectivity index (χ4v) is 2.30. The number of methoxy groups -OCH3 is 1. The lowest BCUT2D eigenvalue weighted by Gasteiger charge is -2.14. The molecular weight excluding hydrogens is 240 g/mol. The second-order valence-electron chi connectivity index (χ2n) is 4.92. The van der Waals surface area contributed by atoms with Crippen molar-refractivity contribution in [3.05, 3.63) is 29.8 Å². The Labute approximate surface area is 114 Å². The number of nitrogens with one attached hydrogen (secondary N) is 1. The van der Waals surface area contributed by atoms with Gasteiger partial charge in [-0.05, 0) is 43.6 Å². The van der Waals surface area contributed by atoms with Gasteiger partial charge in [0, 0.05) is 19.5 Å². The molecule has 104 valence electrons. The number of rotatable bonds is 6. The Morgan fingerprint density at radius 2 is 1.95 bits per heavy atom. The van der Waals surface area contributed by atoms with Crippen molar-refractivity contribution < 1.29 is 9.53 Å². The van der Waals surface area contributed by atoms with Crippen LogP contribution < -0.4 is 10.1 Å². The quantitative estimate of drug-likeness (QED) is 0.850. The van der Waals surface area contributed by atoms with E-state index in [1.54, 1.807) is 7.11 Å². The average Bonchev–Trinajstić information content (AvgIpc) is 2.96. The van der Waals surface area contributed by atoms with E-state index in [0.717, 1.165) is 30.9 Å². The van der Waals surface area contributed by atoms with Crippen LogP contribution in [0.25, 0.3) is 0 Å². The predicted octanol–water partition coefficient (Wildman–Crippen LogP) is 1.80. The summed E-state index contributed by atoms with van der Waals surface area (Å²) in [6.07, 6.45) is 3.14. The molecule has 1 aliphatic heterocycles. The molecule has 0 radical (unpaired) electrons. The fourth-order valence-electron chi connectivity index (χ4n) is 2.30. The first-order valence-corrected chi connectivity index (χ1v) is 6.90. The van der Waals surface area contributed by atoms with Gasteiger partial charge in [0.1, 0.15) is 5.75 Å². The van der Waals surface area contributed by atoms with Gasteiger partial charge in [0.2, 0.25) is 5.91 Å². The minimum absolute atomic E-state index is 0.128. The van der Waals surface area contributed by atoms with Crippen LogP contribution in [0.2, 0.25) is 0 Å². The second-order valence-corrected chi connectivity index (χ2v) is 4.92. The Bertz CT molecular complexity index is 397. The number of nitrogens with zero attached hydrogens (tertiary/aromatic N) is 1. The first kappa shape index (κ1) is 13.9. The monoisotopic (exact) mass is 262 g/mol. The van der Waals surface area contributed by atoms with E-state index in [9.17, 15) is 4.79 Å². The number of hydrogen-bond donors (Lipinski definition) is 1. The van der Waals surface area contributed by atoms with Crippen LogP contribution in [-0.4, -0.2) is 37.6 Å². The van der Waals surface area contributed by atoms with E-state index >= 15 is 0 Å². The number of carbonyl (C=O) groups is 1. The zero-order valence-electron chi connectivity index (χ0n) is 11.5. The molecule has 0 saturated carbocycles. The summed E-state index contributed by atoms with van der Waals surface area (Å²) in [7, 11) is 1.65. The lowest BCUT2D eigenvalue weighted by molar-refractivity contribution is -0.121. The highest BCUT2D eigenvalue weighted by Crippen LogP contribution is 2.11. The molecule has 1 amide bonds. The zero-order chi connectivity index (χ0) is 13.5. The summed E-state index contributed by atoms with van der Waals surface area (Å²) in [4.78, 5) is 14.1. The fraction of sp³-hybridized carbons (Fsp3) is 0.533. The first-order valence-electron chi connectivity index (χ1n) is 6.90. The molecule has 0 atom stereocenters. The van der Waals surface area contributed by atoms with Crippen molar-refractivity contribution in [2.75, 3.05) is 26.7 Å². The molecule has 19 heavy (non-hydrogen) atoms. The van der Waals surface area contributed by atoms with E-state index in [2.05, 4.69) is 10.2 Å². The van der Waals surface area contributed by atoms with Gasteiger partial charge in [0.05, 0.1) is 7.11 Å². The molecule has 1 aromatic carbocycles. The predicted molar refractivity (Wildman–Crippen MR) is 75.1 cm³/mol. The van der Waals surface area contributed by atoms with Gasteiger partial charge in [0.25, 0.3) is 0 Å². The van der Waals surface area contributed by atoms with Gasteiger partial charge in [-0.15, -0.1) is 0 Å². The topological polar surface area (TPSA) is 41.6 Å². The molecule has 2 rings (SSSR count). The van der Waals surface area contributed by atoms with E-state index < -0.39 is 0 Å². The number of likely N-dealkylation sites (tertiary alicyclic amines) is 1. The Hall–Kier alpha value is -1.55. The molecule has 4 nitrogen and oxygen atoms in total. The van der Waals surface area contributed by atoms with Gasteiger partial charge in [-0.25, -0.2) is 0 Å². The van der Waals surface area contributed by atoms with Crippen molar-refractivity contribution in [1.82, 2.24) is 10.2 Å². The SMILES string of the molecule is COc1ccc(CNC(=O)CCN2CCCC2)cc1. The van der Waals surface area contributed by atoms with Gasteiger partial charge in [0.15, 0.2) is 0 Å². The van der Waals surface area contributed by atoms with E-state index in [4.69, 9.17) is 4.74 Å². The maximum atomic E-state index is 11.7. The molecule has 0 aliphatic carbocycles. The Kier molecular flexibility index (Phi) is 5.21. The smallest absolute Gasteiger partial charge is 0.221 e. The number of hydrogen-bond acceptors (Lipinski definition) is 3. The summed E-state index contributed by atoms with van der Waals surface area (Å²) in [6.45, 7) is 3.76. The first-order chi connectivity index (χ1) is 9.28.